The molecule has 2 aromatic carbocycles. The predicted molar refractivity (Wildman–Crippen MR) is 107 cm³/mol. The topological polar surface area (TPSA) is 18.8 Å². The van der Waals surface area contributed by atoms with E-state index in [0.29, 0.717) is 10.0 Å². The van der Waals surface area contributed by atoms with E-state index in [-0.39, 0.29) is 0 Å². The number of hydrazone groups is 1. The Bertz CT molecular complexity index is 766. The van der Waals surface area contributed by atoms with E-state index < -0.39 is 0 Å². The fraction of sp³-hybridized carbons (Fsp3) is 0.350. The van der Waals surface area contributed by atoms with Crippen LogP contribution in [-0.2, 0) is 6.54 Å². The first kappa shape index (κ1) is 18.2. The summed E-state index contributed by atoms with van der Waals surface area (Å²) in [4.78, 5) is 2.48. The highest BCUT2D eigenvalue weighted by Crippen LogP contribution is 2.24. The molecule has 0 N–H and O–H groups in total. The van der Waals surface area contributed by atoms with Crippen molar-refractivity contribution in [1.82, 2.24) is 9.91 Å². The molecule has 0 atom stereocenters. The van der Waals surface area contributed by atoms with Gasteiger partial charge in [-0.3, -0.25) is 9.91 Å². The second-order valence-electron chi connectivity index (χ2n) is 6.55. The first-order chi connectivity index (χ1) is 12.0. The molecule has 0 aromatic heterocycles. The minimum atomic E-state index is 0.557. The number of halogens is 2. The number of nitrogens with zero attached hydrogens (tertiary/aromatic N) is 3. The highest BCUT2D eigenvalue weighted by molar-refractivity contribution is 6.43. The molecule has 1 aliphatic heterocycles. The highest BCUT2D eigenvalue weighted by atomic mass is 35.5. The summed E-state index contributed by atoms with van der Waals surface area (Å²) >= 11 is 12.2. The van der Waals surface area contributed by atoms with E-state index in [1.54, 1.807) is 12.3 Å². The van der Waals surface area contributed by atoms with E-state index in [0.717, 1.165) is 38.3 Å². The van der Waals surface area contributed by atoms with E-state index in [9.17, 15) is 0 Å². The Balaban J connectivity index is 1.55. The zero-order chi connectivity index (χ0) is 17.8. The predicted octanol–water partition coefficient (Wildman–Crippen LogP) is 4.76. The van der Waals surface area contributed by atoms with E-state index in [1.165, 1.54) is 16.7 Å². The van der Waals surface area contributed by atoms with E-state index >= 15 is 0 Å². The van der Waals surface area contributed by atoms with Crippen molar-refractivity contribution in [3.63, 3.8) is 0 Å². The number of rotatable bonds is 4. The van der Waals surface area contributed by atoms with Gasteiger partial charge < -0.3 is 0 Å². The molecule has 1 saturated heterocycles. The summed E-state index contributed by atoms with van der Waals surface area (Å²) in [6.07, 6.45) is 1.80. The van der Waals surface area contributed by atoms with Crippen LogP contribution in [0.15, 0.2) is 41.5 Å². The Morgan fingerprint density at radius 2 is 1.80 bits per heavy atom. The van der Waals surface area contributed by atoms with Crippen molar-refractivity contribution in [3.05, 3.63) is 68.7 Å². The maximum Gasteiger partial charge on any atom is 0.0680 e. The molecule has 25 heavy (non-hydrogen) atoms. The van der Waals surface area contributed by atoms with Crippen LogP contribution in [0.1, 0.15) is 22.3 Å². The molecule has 132 valence electrons. The molecular formula is C20H23Cl2N3. The SMILES string of the molecule is Cc1ccc(CN2CCN(N=Cc3cccc(Cl)c3Cl)CC2)c(C)c1. The van der Waals surface area contributed by atoms with E-state index in [1.807, 2.05) is 12.1 Å². The van der Waals surface area contributed by atoms with Gasteiger partial charge in [-0.25, -0.2) is 0 Å². The third-order valence-electron chi connectivity index (χ3n) is 4.58. The van der Waals surface area contributed by atoms with Crippen LogP contribution in [0, 0.1) is 13.8 Å². The molecule has 0 bridgehead atoms. The summed E-state index contributed by atoms with van der Waals surface area (Å²) in [5.74, 6) is 0. The largest absolute Gasteiger partial charge is 0.295 e. The van der Waals surface area contributed by atoms with Crippen molar-refractivity contribution in [2.75, 3.05) is 26.2 Å². The van der Waals surface area contributed by atoms with Crippen molar-refractivity contribution < 1.29 is 0 Å². The average molecular weight is 376 g/mol. The summed E-state index contributed by atoms with van der Waals surface area (Å²) in [6.45, 7) is 9.18. The zero-order valence-corrected chi connectivity index (χ0v) is 16.2. The lowest BCUT2D eigenvalue weighted by molar-refractivity contribution is 0.131. The normalized spacial score (nSPS) is 15.9. The van der Waals surface area contributed by atoms with E-state index in [4.69, 9.17) is 23.2 Å². The number of hydrogen-bond donors (Lipinski definition) is 0. The lowest BCUT2D eigenvalue weighted by atomic mass is 10.1. The van der Waals surface area contributed by atoms with Gasteiger partial charge in [-0.2, -0.15) is 5.10 Å². The monoisotopic (exact) mass is 375 g/mol. The van der Waals surface area contributed by atoms with Crippen LogP contribution in [-0.4, -0.2) is 42.3 Å². The molecule has 0 saturated carbocycles. The van der Waals surface area contributed by atoms with Crippen molar-refractivity contribution >= 4 is 29.4 Å². The molecule has 1 fully saturated rings. The fourth-order valence-corrected chi connectivity index (χ4v) is 3.40. The molecule has 1 aliphatic rings. The third kappa shape index (κ3) is 4.75. The Morgan fingerprint density at radius 3 is 2.52 bits per heavy atom. The zero-order valence-electron chi connectivity index (χ0n) is 14.7. The average Bonchev–Trinajstić information content (AvgIpc) is 2.60. The molecule has 1 heterocycles. The quantitative estimate of drug-likeness (QED) is 0.717. The van der Waals surface area contributed by atoms with Gasteiger partial charge in [0.1, 0.15) is 0 Å². The molecule has 0 amide bonds. The molecule has 0 spiro atoms. The van der Waals surface area contributed by atoms with Gasteiger partial charge >= 0.3 is 0 Å². The standard InChI is InChI=1S/C20H23Cl2N3/c1-15-6-7-18(16(2)12-15)14-24-8-10-25(11-9-24)23-13-17-4-3-5-19(21)20(17)22/h3-7,12-13H,8-11,14H2,1-2H3. The van der Waals surface area contributed by atoms with Crippen LogP contribution in [0.5, 0.6) is 0 Å². The Labute approximate surface area is 159 Å². The van der Waals surface area contributed by atoms with Crippen LogP contribution in [0.3, 0.4) is 0 Å². The second-order valence-corrected chi connectivity index (χ2v) is 7.33. The summed E-state index contributed by atoms with van der Waals surface area (Å²) < 4.78 is 0. The van der Waals surface area contributed by atoms with Gasteiger partial charge in [0.15, 0.2) is 0 Å². The van der Waals surface area contributed by atoms with Gasteiger partial charge in [-0.05, 0) is 31.0 Å². The molecular weight excluding hydrogens is 353 g/mol. The van der Waals surface area contributed by atoms with Gasteiger partial charge in [0.25, 0.3) is 0 Å². The Morgan fingerprint density at radius 1 is 1.04 bits per heavy atom. The first-order valence-electron chi connectivity index (χ1n) is 8.54. The van der Waals surface area contributed by atoms with Crippen LogP contribution in [0.4, 0.5) is 0 Å². The molecule has 3 nitrogen and oxygen atoms in total. The summed E-state index contributed by atoms with van der Waals surface area (Å²) in [6, 6.07) is 12.3. The van der Waals surface area contributed by atoms with Crippen molar-refractivity contribution in [2.24, 2.45) is 5.10 Å². The fourth-order valence-electron chi connectivity index (χ4n) is 3.04. The van der Waals surface area contributed by atoms with Crippen molar-refractivity contribution in [2.45, 2.75) is 20.4 Å². The smallest absolute Gasteiger partial charge is 0.0680 e. The molecule has 0 aliphatic carbocycles. The maximum atomic E-state index is 6.20. The maximum absolute atomic E-state index is 6.20. The summed E-state index contributed by atoms with van der Waals surface area (Å²) in [5.41, 5.74) is 4.95. The van der Waals surface area contributed by atoms with Crippen LogP contribution >= 0.6 is 23.2 Å². The van der Waals surface area contributed by atoms with Gasteiger partial charge in [0.05, 0.1) is 16.3 Å². The van der Waals surface area contributed by atoms with Gasteiger partial charge in [-0.1, -0.05) is 59.1 Å². The molecule has 3 rings (SSSR count). The molecule has 5 heteroatoms. The minimum Gasteiger partial charge on any atom is -0.295 e. The van der Waals surface area contributed by atoms with E-state index in [2.05, 4.69) is 47.1 Å². The minimum absolute atomic E-state index is 0.557. The van der Waals surface area contributed by atoms with Crippen LogP contribution in [0.2, 0.25) is 10.0 Å². The second kappa shape index (κ2) is 8.22. The Kier molecular flexibility index (Phi) is 6.00. The lowest BCUT2D eigenvalue weighted by Crippen LogP contribution is -2.43. The highest BCUT2D eigenvalue weighted by Gasteiger charge is 2.16. The molecule has 0 unspecified atom stereocenters. The molecule has 2 aromatic rings. The number of aryl methyl sites for hydroxylation is 2. The number of hydrogen-bond acceptors (Lipinski definition) is 3. The molecule has 0 radical (unpaired) electrons. The van der Waals surface area contributed by atoms with Gasteiger partial charge in [0.2, 0.25) is 0 Å². The van der Waals surface area contributed by atoms with Crippen LogP contribution in [0.25, 0.3) is 0 Å². The number of benzene rings is 2. The third-order valence-corrected chi connectivity index (χ3v) is 5.42. The van der Waals surface area contributed by atoms with Crippen LogP contribution < -0.4 is 0 Å². The van der Waals surface area contributed by atoms with Gasteiger partial charge in [-0.15, -0.1) is 0 Å². The summed E-state index contributed by atoms with van der Waals surface area (Å²) in [5, 5.41) is 7.77. The summed E-state index contributed by atoms with van der Waals surface area (Å²) in [7, 11) is 0. The first-order valence-corrected chi connectivity index (χ1v) is 9.30. The Hall–Kier alpha value is -1.55. The lowest BCUT2D eigenvalue weighted by Gasteiger charge is -2.33. The van der Waals surface area contributed by atoms with Crippen molar-refractivity contribution in [3.8, 4) is 0 Å². The number of piperazine rings is 1. The van der Waals surface area contributed by atoms with Gasteiger partial charge in [0, 0.05) is 38.3 Å². The van der Waals surface area contributed by atoms with Crippen molar-refractivity contribution in [1.29, 1.82) is 0 Å².